The summed E-state index contributed by atoms with van der Waals surface area (Å²) >= 11 is 0. The van der Waals surface area contributed by atoms with Crippen molar-refractivity contribution in [2.24, 2.45) is 17.3 Å². The van der Waals surface area contributed by atoms with Gasteiger partial charge in [-0.25, -0.2) is 0 Å². The summed E-state index contributed by atoms with van der Waals surface area (Å²) in [6, 6.07) is 15.1. The molecule has 0 bridgehead atoms. The molecule has 31 heavy (non-hydrogen) atoms. The number of rotatable bonds is 4. The standard InChI is InChI=1S/C27H29NO3/c1-27-14-13-21-20-9-8-19(26(31)28-16-24(29)17-5-3-2-4-6-17)15-18(20)7-10-22(21)23(27)11-12-25(27)30/h2-6,8-9,15,21-23H,7,10-14,16H2,1H3,(H,28,31)/t21-,22-,23+,27+/m1/s1. The maximum Gasteiger partial charge on any atom is 0.251 e. The number of carbonyl (C=O) groups excluding carboxylic acids is 3. The molecule has 0 unspecified atom stereocenters. The summed E-state index contributed by atoms with van der Waals surface area (Å²) in [5.41, 5.74) is 3.75. The van der Waals surface area contributed by atoms with E-state index in [-0.39, 0.29) is 23.7 Å². The van der Waals surface area contributed by atoms with Crippen molar-refractivity contribution in [2.45, 2.75) is 51.4 Å². The zero-order valence-electron chi connectivity index (χ0n) is 18.0. The van der Waals surface area contributed by atoms with Crippen LogP contribution in [-0.2, 0) is 11.2 Å². The lowest BCUT2D eigenvalue weighted by Crippen LogP contribution is -2.42. The fraction of sp³-hybridized carbons (Fsp3) is 0.444. The van der Waals surface area contributed by atoms with Crippen LogP contribution in [0.3, 0.4) is 0 Å². The molecule has 1 amide bonds. The Morgan fingerprint density at radius 1 is 1.00 bits per heavy atom. The van der Waals surface area contributed by atoms with Gasteiger partial charge in [0.2, 0.25) is 0 Å². The van der Waals surface area contributed by atoms with E-state index < -0.39 is 0 Å². The predicted octanol–water partition coefficient (Wildman–Crippen LogP) is 4.72. The molecule has 3 aliphatic carbocycles. The van der Waals surface area contributed by atoms with Crippen LogP contribution in [0.15, 0.2) is 48.5 Å². The lowest BCUT2D eigenvalue weighted by Gasteiger charge is -2.48. The van der Waals surface area contributed by atoms with Crippen LogP contribution in [-0.4, -0.2) is 24.0 Å². The molecule has 0 radical (unpaired) electrons. The van der Waals surface area contributed by atoms with E-state index in [2.05, 4.69) is 18.3 Å². The van der Waals surface area contributed by atoms with Crippen molar-refractivity contribution in [3.8, 4) is 0 Å². The number of Topliss-reactive ketones (excluding diaryl/α,β-unsaturated/α-hetero) is 2. The maximum absolute atomic E-state index is 12.7. The van der Waals surface area contributed by atoms with Gasteiger partial charge in [0, 0.05) is 23.0 Å². The molecule has 5 rings (SSSR count). The number of benzene rings is 2. The first-order chi connectivity index (χ1) is 15.0. The second-order valence-corrected chi connectivity index (χ2v) is 9.72. The SMILES string of the molecule is C[C@]12CC[C@@H]3c4ccc(C(=O)NCC(=O)c5ccccc5)cc4CC[C@H]3[C@@H]1CCC2=O. The maximum atomic E-state index is 12.7. The highest BCUT2D eigenvalue weighted by Gasteiger charge is 2.54. The summed E-state index contributed by atoms with van der Waals surface area (Å²) in [6.07, 6.45) is 5.90. The zero-order valence-corrected chi connectivity index (χ0v) is 18.0. The minimum absolute atomic E-state index is 0.00107. The highest BCUT2D eigenvalue weighted by Crippen LogP contribution is 2.59. The monoisotopic (exact) mass is 415 g/mol. The molecule has 2 aromatic rings. The Morgan fingerprint density at radius 3 is 2.61 bits per heavy atom. The Balaban J connectivity index is 1.29. The van der Waals surface area contributed by atoms with Crippen molar-refractivity contribution >= 4 is 17.5 Å². The van der Waals surface area contributed by atoms with Gasteiger partial charge in [-0.1, -0.05) is 43.3 Å². The number of carbonyl (C=O) groups is 3. The highest BCUT2D eigenvalue weighted by molar-refractivity contribution is 6.02. The number of amides is 1. The molecule has 2 saturated carbocycles. The molecule has 2 aromatic carbocycles. The number of aryl methyl sites for hydroxylation is 1. The van der Waals surface area contributed by atoms with Gasteiger partial charge in [0.25, 0.3) is 5.91 Å². The van der Waals surface area contributed by atoms with Gasteiger partial charge in [0.15, 0.2) is 5.78 Å². The second kappa shape index (κ2) is 7.74. The van der Waals surface area contributed by atoms with Crippen molar-refractivity contribution in [1.82, 2.24) is 5.32 Å². The molecule has 0 heterocycles. The Hall–Kier alpha value is -2.75. The lowest BCUT2D eigenvalue weighted by molar-refractivity contribution is -0.129. The Labute approximate surface area is 183 Å². The normalized spacial score (nSPS) is 28.9. The third kappa shape index (κ3) is 3.42. The summed E-state index contributed by atoms with van der Waals surface area (Å²) in [6.45, 7) is 2.20. The van der Waals surface area contributed by atoms with Gasteiger partial charge in [-0.2, -0.15) is 0 Å². The Morgan fingerprint density at radius 2 is 1.81 bits per heavy atom. The van der Waals surface area contributed by atoms with E-state index in [4.69, 9.17) is 0 Å². The Kier molecular flexibility index (Phi) is 5.04. The number of hydrogen-bond acceptors (Lipinski definition) is 3. The molecule has 160 valence electrons. The van der Waals surface area contributed by atoms with Crippen molar-refractivity contribution in [3.63, 3.8) is 0 Å². The molecule has 0 aromatic heterocycles. The van der Waals surface area contributed by atoms with Gasteiger partial charge in [0.05, 0.1) is 6.54 Å². The lowest BCUT2D eigenvalue weighted by atomic mass is 9.55. The summed E-state index contributed by atoms with van der Waals surface area (Å²) in [7, 11) is 0. The second-order valence-electron chi connectivity index (χ2n) is 9.72. The minimum Gasteiger partial charge on any atom is -0.345 e. The molecule has 2 fully saturated rings. The first-order valence-corrected chi connectivity index (χ1v) is 11.5. The quantitative estimate of drug-likeness (QED) is 0.735. The fourth-order valence-electron chi connectivity index (χ4n) is 6.48. The molecule has 4 heteroatoms. The number of nitrogens with one attached hydrogen (secondary N) is 1. The molecular weight excluding hydrogens is 386 g/mol. The molecule has 1 N–H and O–H groups in total. The molecule has 0 saturated heterocycles. The van der Waals surface area contributed by atoms with Gasteiger partial charge in [-0.05, 0) is 73.1 Å². The first-order valence-electron chi connectivity index (χ1n) is 11.5. The smallest absolute Gasteiger partial charge is 0.251 e. The summed E-state index contributed by atoms with van der Waals surface area (Å²) in [5, 5.41) is 2.77. The van der Waals surface area contributed by atoms with Crippen LogP contribution < -0.4 is 5.32 Å². The number of ketones is 2. The molecule has 4 atom stereocenters. The van der Waals surface area contributed by atoms with E-state index in [9.17, 15) is 14.4 Å². The predicted molar refractivity (Wildman–Crippen MR) is 119 cm³/mol. The molecule has 4 nitrogen and oxygen atoms in total. The minimum atomic E-state index is -0.202. The molecule has 0 spiro atoms. The molecular formula is C27H29NO3. The summed E-state index contributed by atoms with van der Waals surface area (Å²) in [4.78, 5) is 37.4. The average molecular weight is 416 g/mol. The molecule has 0 aliphatic heterocycles. The average Bonchev–Trinajstić information content (AvgIpc) is 3.11. The highest BCUT2D eigenvalue weighted by atomic mass is 16.2. The summed E-state index contributed by atoms with van der Waals surface area (Å²) in [5.74, 6) is 1.78. The zero-order chi connectivity index (χ0) is 21.6. The van der Waals surface area contributed by atoms with Gasteiger partial charge < -0.3 is 5.32 Å². The third-order valence-electron chi connectivity index (χ3n) is 8.20. The van der Waals surface area contributed by atoms with Crippen LogP contribution in [0.4, 0.5) is 0 Å². The number of hydrogen-bond donors (Lipinski definition) is 1. The van der Waals surface area contributed by atoms with E-state index in [1.807, 2.05) is 30.3 Å². The van der Waals surface area contributed by atoms with Crippen molar-refractivity contribution in [1.29, 1.82) is 0 Å². The van der Waals surface area contributed by atoms with E-state index in [0.29, 0.717) is 34.7 Å². The van der Waals surface area contributed by atoms with Crippen LogP contribution in [0.25, 0.3) is 0 Å². The Bertz CT molecular complexity index is 1040. The van der Waals surface area contributed by atoms with Gasteiger partial charge in [-0.15, -0.1) is 0 Å². The van der Waals surface area contributed by atoms with E-state index >= 15 is 0 Å². The largest absolute Gasteiger partial charge is 0.345 e. The van der Waals surface area contributed by atoms with Gasteiger partial charge >= 0.3 is 0 Å². The van der Waals surface area contributed by atoms with Crippen LogP contribution in [0.1, 0.15) is 76.8 Å². The number of fused-ring (bicyclic) bond motifs is 5. The van der Waals surface area contributed by atoms with Crippen molar-refractivity contribution in [3.05, 3.63) is 70.8 Å². The van der Waals surface area contributed by atoms with Crippen LogP contribution in [0.5, 0.6) is 0 Å². The fourth-order valence-corrected chi connectivity index (χ4v) is 6.48. The summed E-state index contributed by atoms with van der Waals surface area (Å²) < 4.78 is 0. The van der Waals surface area contributed by atoms with E-state index in [1.54, 1.807) is 12.1 Å². The topological polar surface area (TPSA) is 63.2 Å². The van der Waals surface area contributed by atoms with Crippen LogP contribution in [0.2, 0.25) is 0 Å². The van der Waals surface area contributed by atoms with E-state index in [1.165, 1.54) is 11.1 Å². The van der Waals surface area contributed by atoms with Crippen LogP contribution in [0, 0.1) is 17.3 Å². The third-order valence-corrected chi connectivity index (χ3v) is 8.20. The van der Waals surface area contributed by atoms with E-state index in [0.717, 1.165) is 38.5 Å². The van der Waals surface area contributed by atoms with Crippen molar-refractivity contribution < 1.29 is 14.4 Å². The van der Waals surface area contributed by atoms with Gasteiger partial charge in [0.1, 0.15) is 5.78 Å². The molecule has 3 aliphatic rings. The first kappa shape index (κ1) is 20.2. The van der Waals surface area contributed by atoms with Gasteiger partial charge in [-0.3, -0.25) is 14.4 Å². The van der Waals surface area contributed by atoms with Crippen LogP contribution >= 0.6 is 0 Å². The van der Waals surface area contributed by atoms with Crippen molar-refractivity contribution in [2.75, 3.05) is 6.54 Å².